The van der Waals surface area contributed by atoms with Crippen LogP contribution in [0.15, 0.2) is 0 Å². The van der Waals surface area contributed by atoms with Gasteiger partial charge in [-0.05, 0) is 19.3 Å². The minimum atomic E-state index is -0.464. The number of aliphatic hydroxyl groups excluding tert-OH is 1. The highest BCUT2D eigenvalue weighted by molar-refractivity contribution is 4.92. The van der Waals surface area contributed by atoms with E-state index in [-0.39, 0.29) is 12.7 Å². The van der Waals surface area contributed by atoms with Gasteiger partial charge in [0.1, 0.15) is 0 Å². The van der Waals surface area contributed by atoms with E-state index in [9.17, 15) is 0 Å². The summed E-state index contributed by atoms with van der Waals surface area (Å²) in [5.74, 6) is 0. The number of aliphatic hydroxyl groups is 1. The lowest BCUT2D eigenvalue weighted by Crippen LogP contribution is -2.27. The fourth-order valence-electron chi connectivity index (χ4n) is 1.34. The van der Waals surface area contributed by atoms with Crippen LogP contribution in [0.1, 0.15) is 19.3 Å². The van der Waals surface area contributed by atoms with E-state index in [4.69, 9.17) is 19.8 Å². The average Bonchev–Trinajstić information content (AvgIpc) is 2.65. The van der Waals surface area contributed by atoms with Crippen molar-refractivity contribution in [3.63, 3.8) is 0 Å². The maximum absolute atomic E-state index is 8.77. The van der Waals surface area contributed by atoms with Crippen molar-refractivity contribution < 1.29 is 14.6 Å². The van der Waals surface area contributed by atoms with Crippen LogP contribution in [-0.2, 0) is 9.47 Å². The molecule has 1 N–H and O–H groups in total. The second-order valence-corrected chi connectivity index (χ2v) is 3.05. The molecule has 2 atom stereocenters. The SMILES string of the molecule is N#CC(OCCCO)C1CCCO1. The lowest BCUT2D eigenvalue weighted by Gasteiger charge is -2.16. The third-order valence-electron chi connectivity index (χ3n) is 2.03. The smallest absolute Gasteiger partial charge is 0.169 e. The number of rotatable bonds is 5. The summed E-state index contributed by atoms with van der Waals surface area (Å²) in [6, 6.07) is 2.07. The number of hydrogen-bond acceptors (Lipinski definition) is 4. The summed E-state index contributed by atoms with van der Waals surface area (Å²) in [7, 11) is 0. The first-order valence-electron chi connectivity index (χ1n) is 4.62. The third kappa shape index (κ3) is 3.31. The number of hydrogen-bond donors (Lipinski definition) is 1. The van der Waals surface area contributed by atoms with E-state index < -0.39 is 6.10 Å². The van der Waals surface area contributed by atoms with Gasteiger partial charge in [0.05, 0.1) is 18.8 Å². The molecule has 0 spiro atoms. The standard InChI is InChI=1S/C9H15NO3/c10-7-9(13-6-2-4-11)8-3-1-5-12-8/h8-9,11H,1-6H2. The van der Waals surface area contributed by atoms with Crippen LogP contribution in [-0.4, -0.2) is 37.1 Å². The van der Waals surface area contributed by atoms with Gasteiger partial charge in [-0.2, -0.15) is 5.26 Å². The van der Waals surface area contributed by atoms with Crippen LogP contribution in [0, 0.1) is 11.3 Å². The molecule has 1 saturated heterocycles. The maximum Gasteiger partial charge on any atom is 0.169 e. The summed E-state index contributed by atoms with van der Waals surface area (Å²) in [6.45, 7) is 1.25. The molecule has 0 aromatic heterocycles. The molecule has 1 fully saturated rings. The van der Waals surface area contributed by atoms with Crippen LogP contribution in [0.5, 0.6) is 0 Å². The Morgan fingerprint density at radius 3 is 3.08 bits per heavy atom. The Kier molecular flexibility index (Phi) is 4.76. The highest BCUT2D eigenvalue weighted by Gasteiger charge is 2.26. The summed E-state index contributed by atoms with van der Waals surface area (Å²) < 4.78 is 10.6. The third-order valence-corrected chi connectivity index (χ3v) is 2.03. The van der Waals surface area contributed by atoms with E-state index in [1.807, 2.05) is 0 Å². The van der Waals surface area contributed by atoms with Crippen LogP contribution in [0.3, 0.4) is 0 Å². The topological polar surface area (TPSA) is 62.5 Å². The minimum absolute atomic E-state index is 0.0660. The Morgan fingerprint density at radius 2 is 2.54 bits per heavy atom. The highest BCUT2D eigenvalue weighted by atomic mass is 16.5. The van der Waals surface area contributed by atoms with Crippen LogP contribution in [0.4, 0.5) is 0 Å². The Bertz CT molecular complexity index is 172. The van der Waals surface area contributed by atoms with Gasteiger partial charge in [-0.25, -0.2) is 0 Å². The molecule has 0 aromatic carbocycles. The molecule has 1 heterocycles. The van der Waals surface area contributed by atoms with Crippen molar-refractivity contribution >= 4 is 0 Å². The average molecular weight is 185 g/mol. The van der Waals surface area contributed by atoms with Gasteiger partial charge in [0.2, 0.25) is 0 Å². The summed E-state index contributed by atoms with van der Waals surface area (Å²) in [5, 5.41) is 17.3. The summed E-state index contributed by atoms with van der Waals surface area (Å²) in [4.78, 5) is 0. The first-order valence-corrected chi connectivity index (χ1v) is 4.62. The molecule has 0 amide bonds. The van der Waals surface area contributed by atoms with Crippen molar-refractivity contribution in [3.8, 4) is 6.07 Å². The molecule has 4 heteroatoms. The maximum atomic E-state index is 8.77. The monoisotopic (exact) mass is 185 g/mol. The molecule has 0 bridgehead atoms. The molecule has 0 aromatic rings. The van der Waals surface area contributed by atoms with Crippen molar-refractivity contribution in [2.24, 2.45) is 0 Å². The van der Waals surface area contributed by atoms with Gasteiger partial charge in [-0.15, -0.1) is 0 Å². The molecule has 0 aliphatic carbocycles. The van der Waals surface area contributed by atoms with Crippen LogP contribution < -0.4 is 0 Å². The van der Waals surface area contributed by atoms with E-state index in [1.54, 1.807) is 0 Å². The van der Waals surface area contributed by atoms with Gasteiger partial charge >= 0.3 is 0 Å². The van der Waals surface area contributed by atoms with Gasteiger partial charge in [-0.1, -0.05) is 0 Å². The van der Waals surface area contributed by atoms with Gasteiger partial charge < -0.3 is 14.6 Å². The number of nitrogens with zero attached hydrogens (tertiary/aromatic N) is 1. The fourth-order valence-corrected chi connectivity index (χ4v) is 1.34. The zero-order valence-electron chi connectivity index (χ0n) is 7.61. The summed E-state index contributed by atoms with van der Waals surface area (Å²) in [6.07, 6.45) is 1.95. The van der Waals surface area contributed by atoms with Crippen LogP contribution >= 0.6 is 0 Å². The molecule has 4 nitrogen and oxygen atoms in total. The van der Waals surface area contributed by atoms with Crippen molar-refractivity contribution in [3.05, 3.63) is 0 Å². The Morgan fingerprint density at radius 1 is 1.69 bits per heavy atom. The Hall–Kier alpha value is -0.630. The summed E-state index contributed by atoms with van der Waals surface area (Å²) in [5.41, 5.74) is 0. The molecular weight excluding hydrogens is 170 g/mol. The van der Waals surface area contributed by atoms with Gasteiger partial charge in [0, 0.05) is 13.2 Å². The highest BCUT2D eigenvalue weighted by Crippen LogP contribution is 2.17. The molecule has 1 aliphatic heterocycles. The molecule has 1 rings (SSSR count). The van der Waals surface area contributed by atoms with E-state index >= 15 is 0 Å². The minimum Gasteiger partial charge on any atom is -0.396 e. The van der Waals surface area contributed by atoms with E-state index in [2.05, 4.69) is 6.07 Å². The number of nitriles is 1. The van der Waals surface area contributed by atoms with Crippen molar-refractivity contribution in [1.82, 2.24) is 0 Å². The van der Waals surface area contributed by atoms with Crippen LogP contribution in [0.25, 0.3) is 0 Å². The van der Waals surface area contributed by atoms with Gasteiger partial charge in [-0.3, -0.25) is 0 Å². The van der Waals surface area contributed by atoms with E-state index in [1.165, 1.54) is 0 Å². The quantitative estimate of drug-likeness (QED) is 0.632. The first-order chi connectivity index (χ1) is 6.38. The molecular formula is C9H15NO3. The molecule has 1 aliphatic rings. The Labute approximate surface area is 78.1 Å². The Balaban J connectivity index is 2.22. The molecule has 0 radical (unpaired) electrons. The molecule has 74 valence electrons. The zero-order chi connectivity index (χ0) is 9.52. The predicted octanol–water partition coefficient (Wildman–Crippen LogP) is 0.457. The number of ether oxygens (including phenoxy) is 2. The second kappa shape index (κ2) is 5.92. The lowest BCUT2D eigenvalue weighted by molar-refractivity contribution is -0.0230. The fraction of sp³-hybridized carbons (Fsp3) is 0.889. The second-order valence-electron chi connectivity index (χ2n) is 3.05. The molecule has 0 saturated carbocycles. The predicted molar refractivity (Wildman–Crippen MR) is 46.0 cm³/mol. The molecule has 2 unspecified atom stereocenters. The van der Waals surface area contributed by atoms with Gasteiger partial charge in [0.15, 0.2) is 6.10 Å². The van der Waals surface area contributed by atoms with Gasteiger partial charge in [0.25, 0.3) is 0 Å². The first kappa shape index (κ1) is 10.5. The van der Waals surface area contributed by atoms with Crippen molar-refractivity contribution in [2.75, 3.05) is 19.8 Å². The molecule has 13 heavy (non-hydrogen) atoms. The van der Waals surface area contributed by atoms with E-state index in [0.29, 0.717) is 13.0 Å². The van der Waals surface area contributed by atoms with Crippen molar-refractivity contribution in [2.45, 2.75) is 31.5 Å². The zero-order valence-corrected chi connectivity index (χ0v) is 7.61. The lowest BCUT2D eigenvalue weighted by atomic mass is 10.1. The summed E-state index contributed by atoms with van der Waals surface area (Å²) >= 11 is 0. The van der Waals surface area contributed by atoms with Crippen molar-refractivity contribution in [1.29, 1.82) is 5.26 Å². The van der Waals surface area contributed by atoms with Crippen LogP contribution in [0.2, 0.25) is 0 Å². The normalized spacial score (nSPS) is 24.2. The van der Waals surface area contributed by atoms with E-state index in [0.717, 1.165) is 19.4 Å². The largest absolute Gasteiger partial charge is 0.396 e.